The third kappa shape index (κ3) is 4.06. The standard InChI is InChI=1S/C25H25N3O3/c1-30-20-9-4-6-17(12-20)13-21-15-26-24(31-21)19-8-5-11-28(16-19)25(29)23-14-18-7-2-3-10-22(18)27-23/h2-4,6-7,9-10,12,14-15,19,27H,5,8,11,13,16H2,1H3/t19-/m0/s1. The first-order valence-electron chi connectivity index (χ1n) is 10.6. The summed E-state index contributed by atoms with van der Waals surface area (Å²) in [7, 11) is 1.66. The predicted octanol–water partition coefficient (Wildman–Crippen LogP) is 4.78. The summed E-state index contributed by atoms with van der Waals surface area (Å²) in [4.78, 5) is 22.8. The number of benzene rings is 2. The van der Waals surface area contributed by atoms with Gasteiger partial charge in [0.05, 0.1) is 19.2 Å². The lowest BCUT2D eigenvalue weighted by molar-refractivity contribution is 0.0693. The van der Waals surface area contributed by atoms with Gasteiger partial charge in [-0.2, -0.15) is 0 Å². The molecule has 0 saturated carbocycles. The lowest BCUT2D eigenvalue weighted by atomic mass is 9.97. The SMILES string of the molecule is COc1cccc(Cc2cnc([C@H]3CCCN(C(=O)c4cc5ccccc5[nH]4)C3)o2)c1. The molecule has 6 nitrogen and oxygen atoms in total. The zero-order valence-electron chi connectivity index (χ0n) is 17.5. The first-order chi connectivity index (χ1) is 15.2. The molecule has 0 unspecified atom stereocenters. The van der Waals surface area contributed by atoms with E-state index < -0.39 is 0 Å². The van der Waals surface area contributed by atoms with E-state index in [9.17, 15) is 4.79 Å². The number of hydrogen-bond acceptors (Lipinski definition) is 4. The molecule has 0 spiro atoms. The average molecular weight is 415 g/mol. The molecule has 1 amide bonds. The summed E-state index contributed by atoms with van der Waals surface area (Å²) in [5.41, 5.74) is 2.73. The molecule has 1 fully saturated rings. The number of aromatic nitrogens is 2. The minimum absolute atomic E-state index is 0.0315. The summed E-state index contributed by atoms with van der Waals surface area (Å²) in [5.74, 6) is 2.51. The van der Waals surface area contributed by atoms with E-state index in [0.29, 0.717) is 24.6 Å². The number of rotatable bonds is 5. The second-order valence-electron chi connectivity index (χ2n) is 8.05. The number of oxazole rings is 1. The van der Waals surface area contributed by atoms with Crippen LogP contribution in [0, 0.1) is 0 Å². The molecule has 1 aliphatic heterocycles. The number of aromatic amines is 1. The molecule has 2 aromatic carbocycles. The number of H-pyrrole nitrogens is 1. The van der Waals surface area contributed by atoms with Gasteiger partial charge in [0.2, 0.25) is 0 Å². The van der Waals surface area contributed by atoms with Crippen LogP contribution in [-0.4, -0.2) is 41.0 Å². The van der Waals surface area contributed by atoms with Gasteiger partial charge in [-0.15, -0.1) is 0 Å². The number of amides is 1. The van der Waals surface area contributed by atoms with Crippen molar-refractivity contribution in [3.63, 3.8) is 0 Å². The van der Waals surface area contributed by atoms with Crippen LogP contribution in [0.25, 0.3) is 10.9 Å². The van der Waals surface area contributed by atoms with Crippen LogP contribution in [0.5, 0.6) is 5.75 Å². The van der Waals surface area contributed by atoms with Crippen LogP contribution in [0.4, 0.5) is 0 Å². The Kier molecular flexibility index (Phi) is 5.20. The molecular formula is C25H25N3O3. The lowest BCUT2D eigenvalue weighted by Crippen LogP contribution is -2.39. The highest BCUT2D eigenvalue weighted by molar-refractivity contribution is 5.98. The van der Waals surface area contributed by atoms with E-state index in [1.54, 1.807) is 13.3 Å². The summed E-state index contributed by atoms with van der Waals surface area (Å²) in [6.45, 7) is 1.37. The van der Waals surface area contributed by atoms with E-state index in [1.807, 2.05) is 59.5 Å². The van der Waals surface area contributed by atoms with Crippen molar-refractivity contribution >= 4 is 16.8 Å². The van der Waals surface area contributed by atoms with E-state index in [4.69, 9.17) is 9.15 Å². The van der Waals surface area contributed by atoms with E-state index in [1.165, 1.54) is 0 Å². The molecule has 1 atom stereocenters. The monoisotopic (exact) mass is 415 g/mol. The number of para-hydroxylation sites is 1. The molecule has 5 rings (SSSR count). The van der Waals surface area contributed by atoms with Crippen LogP contribution in [0.2, 0.25) is 0 Å². The van der Waals surface area contributed by atoms with Crippen molar-refractivity contribution in [1.29, 1.82) is 0 Å². The molecule has 3 heterocycles. The molecule has 1 saturated heterocycles. The van der Waals surface area contributed by atoms with Crippen LogP contribution in [0.1, 0.15) is 46.5 Å². The van der Waals surface area contributed by atoms with Crippen molar-refractivity contribution in [2.75, 3.05) is 20.2 Å². The summed E-state index contributed by atoms with van der Waals surface area (Å²) in [5, 5.41) is 1.05. The fourth-order valence-corrected chi connectivity index (χ4v) is 4.30. The Morgan fingerprint density at radius 2 is 2.13 bits per heavy atom. The van der Waals surface area contributed by atoms with Crippen LogP contribution >= 0.6 is 0 Å². The number of fused-ring (bicyclic) bond motifs is 1. The van der Waals surface area contributed by atoms with Gasteiger partial charge in [0.25, 0.3) is 5.91 Å². The molecule has 2 aromatic heterocycles. The molecule has 6 heteroatoms. The largest absolute Gasteiger partial charge is 0.497 e. The number of nitrogens with zero attached hydrogens (tertiary/aromatic N) is 2. The number of carbonyl (C=O) groups excluding carboxylic acids is 1. The number of ether oxygens (including phenoxy) is 1. The van der Waals surface area contributed by atoms with Crippen molar-refractivity contribution in [2.24, 2.45) is 0 Å². The van der Waals surface area contributed by atoms with Gasteiger partial charge >= 0.3 is 0 Å². The number of piperidine rings is 1. The van der Waals surface area contributed by atoms with Crippen molar-refractivity contribution in [3.05, 3.63) is 83.7 Å². The number of carbonyl (C=O) groups is 1. The third-order valence-electron chi connectivity index (χ3n) is 5.90. The number of methoxy groups -OCH3 is 1. The minimum atomic E-state index is 0.0315. The molecule has 1 aliphatic rings. The highest BCUT2D eigenvalue weighted by atomic mass is 16.5. The Hall–Kier alpha value is -3.54. The van der Waals surface area contributed by atoms with Gasteiger partial charge in [0.1, 0.15) is 17.2 Å². The highest BCUT2D eigenvalue weighted by Crippen LogP contribution is 2.29. The van der Waals surface area contributed by atoms with Gasteiger partial charge < -0.3 is 19.0 Å². The Bertz CT molecular complexity index is 1180. The van der Waals surface area contributed by atoms with Crippen LogP contribution in [0.3, 0.4) is 0 Å². The molecule has 1 N–H and O–H groups in total. The first kappa shape index (κ1) is 19.4. The Balaban J connectivity index is 1.28. The Labute approximate surface area is 180 Å². The van der Waals surface area contributed by atoms with E-state index in [2.05, 4.69) is 9.97 Å². The number of nitrogens with one attached hydrogen (secondary N) is 1. The molecule has 0 radical (unpaired) electrons. The second kappa shape index (κ2) is 8.30. The molecule has 158 valence electrons. The molecule has 31 heavy (non-hydrogen) atoms. The van der Waals surface area contributed by atoms with Gasteiger partial charge in [0, 0.05) is 30.4 Å². The number of likely N-dealkylation sites (tertiary alicyclic amines) is 1. The van der Waals surface area contributed by atoms with Gasteiger partial charge in [-0.1, -0.05) is 30.3 Å². The zero-order valence-corrected chi connectivity index (χ0v) is 17.5. The first-order valence-corrected chi connectivity index (χ1v) is 10.6. The molecule has 0 bridgehead atoms. The fraction of sp³-hybridized carbons (Fsp3) is 0.280. The van der Waals surface area contributed by atoms with E-state index in [-0.39, 0.29) is 11.8 Å². The van der Waals surface area contributed by atoms with Crippen molar-refractivity contribution in [2.45, 2.75) is 25.2 Å². The van der Waals surface area contributed by atoms with Gasteiger partial charge in [0.15, 0.2) is 5.89 Å². The highest BCUT2D eigenvalue weighted by Gasteiger charge is 2.29. The van der Waals surface area contributed by atoms with Gasteiger partial charge in [-0.25, -0.2) is 4.98 Å². The van der Waals surface area contributed by atoms with E-state index in [0.717, 1.165) is 47.4 Å². The van der Waals surface area contributed by atoms with Crippen LogP contribution in [-0.2, 0) is 6.42 Å². The summed E-state index contributed by atoms with van der Waals surface area (Å²) in [6, 6.07) is 17.8. The van der Waals surface area contributed by atoms with Crippen molar-refractivity contribution < 1.29 is 13.9 Å². The van der Waals surface area contributed by atoms with Gasteiger partial charge in [-0.05, 0) is 42.7 Å². The molecular weight excluding hydrogens is 390 g/mol. The van der Waals surface area contributed by atoms with Crippen LogP contribution in [0.15, 0.2) is 65.2 Å². The third-order valence-corrected chi connectivity index (χ3v) is 5.90. The molecule has 0 aliphatic carbocycles. The van der Waals surface area contributed by atoms with Crippen LogP contribution < -0.4 is 4.74 Å². The van der Waals surface area contributed by atoms with Crippen molar-refractivity contribution in [1.82, 2.24) is 14.9 Å². The average Bonchev–Trinajstić information content (AvgIpc) is 3.46. The summed E-state index contributed by atoms with van der Waals surface area (Å²) < 4.78 is 11.4. The maximum absolute atomic E-state index is 13.1. The smallest absolute Gasteiger partial charge is 0.270 e. The van der Waals surface area contributed by atoms with Crippen molar-refractivity contribution in [3.8, 4) is 5.75 Å². The summed E-state index contributed by atoms with van der Waals surface area (Å²) in [6.07, 6.45) is 4.36. The fourth-order valence-electron chi connectivity index (χ4n) is 4.30. The zero-order chi connectivity index (χ0) is 21.2. The second-order valence-corrected chi connectivity index (χ2v) is 8.05. The summed E-state index contributed by atoms with van der Waals surface area (Å²) >= 11 is 0. The molecule has 4 aromatic rings. The topological polar surface area (TPSA) is 71.4 Å². The Morgan fingerprint density at radius 1 is 1.23 bits per heavy atom. The number of hydrogen-bond donors (Lipinski definition) is 1. The minimum Gasteiger partial charge on any atom is -0.497 e. The maximum Gasteiger partial charge on any atom is 0.270 e. The predicted molar refractivity (Wildman–Crippen MR) is 118 cm³/mol. The van der Waals surface area contributed by atoms with Gasteiger partial charge in [-0.3, -0.25) is 4.79 Å². The quantitative estimate of drug-likeness (QED) is 0.509. The van der Waals surface area contributed by atoms with E-state index >= 15 is 0 Å². The normalized spacial score (nSPS) is 16.5. The Morgan fingerprint density at radius 3 is 3.00 bits per heavy atom. The maximum atomic E-state index is 13.1. The lowest BCUT2D eigenvalue weighted by Gasteiger charge is -2.31.